The highest BCUT2D eigenvalue weighted by molar-refractivity contribution is 5.43. The number of methoxy groups -OCH3 is 2. The monoisotopic (exact) mass is 279 g/mol. The van der Waals surface area contributed by atoms with Gasteiger partial charge in [-0.05, 0) is 29.7 Å². The molecule has 1 aromatic rings. The summed E-state index contributed by atoms with van der Waals surface area (Å²) in [6.45, 7) is 8.84. The van der Waals surface area contributed by atoms with Gasteiger partial charge in [-0.1, -0.05) is 19.6 Å². The van der Waals surface area contributed by atoms with Gasteiger partial charge in [-0.2, -0.15) is 0 Å². The Morgan fingerprint density at radius 3 is 2.70 bits per heavy atom. The van der Waals surface area contributed by atoms with Crippen LogP contribution in [0.1, 0.15) is 18.9 Å². The Bertz CT molecular complexity index is 418. The first-order valence-electron chi connectivity index (χ1n) is 6.87. The SMILES string of the molecule is C=C(CC)COc1ccc(CNCCOC)cc1OC. The van der Waals surface area contributed by atoms with Gasteiger partial charge in [0.25, 0.3) is 0 Å². The molecule has 0 bridgehead atoms. The average molecular weight is 279 g/mol. The van der Waals surface area contributed by atoms with Gasteiger partial charge in [0.15, 0.2) is 11.5 Å². The summed E-state index contributed by atoms with van der Waals surface area (Å²) in [6.07, 6.45) is 0.920. The Morgan fingerprint density at radius 1 is 1.25 bits per heavy atom. The molecule has 0 saturated heterocycles. The van der Waals surface area contributed by atoms with Crippen molar-refractivity contribution < 1.29 is 14.2 Å². The normalized spacial score (nSPS) is 10.3. The van der Waals surface area contributed by atoms with Crippen LogP contribution in [0.4, 0.5) is 0 Å². The van der Waals surface area contributed by atoms with E-state index >= 15 is 0 Å². The number of nitrogens with one attached hydrogen (secondary N) is 1. The van der Waals surface area contributed by atoms with Gasteiger partial charge in [0.1, 0.15) is 6.61 Å². The van der Waals surface area contributed by atoms with E-state index < -0.39 is 0 Å². The summed E-state index contributed by atoms with van der Waals surface area (Å²) < 4.78 is 16.1. The zero-order valence-electron chi connectivity index (χ0n) is 12.7. The fourth-order valence-corrected chi connectivity index (χ4v) is 1.63. The molecule has 0 fully saturated rings. The van der Waals surface area contributed by atoms with E-state index in [4.69, 9.17) is 14.2 Å². The van der Waals surface area contributed by atoms with Crippen molar-refractivity contribution in [2.75, 3.05) is 34.0 Å². The first-order chi connectivity index (χ1) is 9.71. The van der Waals surface area contributed by atoms with Crippen LogP contribution in [0.25, 0.3) is 0 Å². The van der Waals surface area contributed by atoms with Crippen molar-refractivity contribution in [2.24, 2.45) is 0 Å². The van der Waals surface area contributed by atoms with Gasteiger partial charge in [-0.3, -0.25) is 0 Å². The van der Waals surface area contributed by atoms with E-state index in [1.54, 1.807) is 14.2 Å². The summed E-state index contributed by atoms with van der Waals surface area (Å²) in [6, 6.07) is 5.96. The second kappa shape index (κ2) is 9.39. The maximum Gasteiger partial charge on any atom is 0.161 e. The third kappa shape index (κ3) is 5.63. The molecule has 0 radical (unpaired) electrons. The van der Waals surface area contributed by atoms with Gasteiger partial charge in [0, 0.05) is 20.2 Å². The number of hydrogen-bond acceptors (Lipinski definition) is 4. The molecule has 0 aromatic heterocycles. The van der Waals surface area contributed by atoms with Crippen LogP contribution in [-0.2, 0) is 11.3 Å². The fraction of sp³-hybridized carbons (Fsp3) is 0.500. The van der Waals surface area contributed by atoms with E-state index in [9.17, 15) is 0 Å². The molecular formula is C16H25NO3. The summed E-state index contributed by atoms with van der Waals surface area (Å²) >= 11 is 0. The zero-order chi connectivity index (χ0) is 14.8. The first kappa shape index (κ1) is 16.5. The van der Waals surface area contributed by atoms with Crippen molar-refractivity contribution in [1.82, 2.24) is 5.32 Å². The largest absolute Gasteiger partial charge is 0.493 e. The van der Waals surface area contributed by atoms with Crippen LogP contribution in [0, 0.1) is 0 Å². The number of benzene rings is 1. The molecule has 0 spiro atoms. The van der Waals surface area contributed by atoms with E-state index in [1.807, 2.05) is 18.2 Å². The van der Waals surface area contributed by atoms with Crippen LogP contribution in [0.5, 0.6) is 11.5 Å². The van der Waals surface area contributed by atoms with Crippen molar-refractivity contribution in [3.8, 4) is 11.5 Å². The molecule has 112 valence electrons. The summed E-state index contributed by atoms with van der Waals surface area (Å²) in [5.41, 5.74) is 2.22. The molecule has 0 amide bonds. The average Bonchev–Trinajstić information content (AvgIpc) is 2.49. The molecular weight excluding hydrogens is 254 g/mol. The lowest BCUT2D eigenvalue weighted by molar-refractivity contribution is 0.199. The lowest BCUT2D eigenvalue weighted by atomic mass is 10.2. The van der Waals surface area contributed by atoms with Gasteiger partial charge in [0.05, 0.1) is 13.7 Å². The zero-order valence-corrected chi connectivity index (χ0v) is 12.7. The summed E-state index contributed by atoms with van der Waals surface area (Å²) in [7, 11) is 3.35. The van der Waals surface area contributed by atoms with Gasteiger partial charge in [-0.15, -0.1) is 0 Å². The van der Waals surface area contributed by atoms with Crippen molar-refractivity contribution in [1.29, 1.82) is 0 Å². The van der Waals surface area contributed by atoms with E-state index in [-0.39, 0.29) is 0 Å². The minimum Gasteiger partial charge on any atom is -0.493 e. The predicted molar refractivity (Wildman–Crippen MR) is 81.5 cm³/mol. The molecule has 0 aliphatic heterocycles. The van der Waals surface area contributed by atoms with E-state index in [1.165, 1.54) is 0 Å². The molecule has 0 aliphatic carbocycles. The number of hydrogen-bond donors (Lipinski definition) is 1. The Morgan fingerprint density at radius 2 is 2.05 bits per heavy atom. The van der Waals surface area contributed by atoms with Crippen LogP contribution in [0.15, 0.2) is 30.4 Å². The smallest absolute Gasteiger partial charge is 0.161 e. The van der Waals surface area contributed by atoms with Gasteiger partial charge in [-0.25, -0.2) is 0 Å². The Labute approximate surface area is 121 Å². The van der Waals surface area contributed by atoms with E-state index in [2.05, 4.69) is 18.8 Å². The Balaban J connectivity index is 2.58. The summed E-state index contributed by atoms with van der Waals surface area (Å²) in [5, 5.41) is 3.30. The minimum atomic E-state index is 0.526. The summed E-state index contributed by atoms with van der Waals surface area (Å²) in [4.78, 5) is 0. The third-order valence-electron chi connectivity index (χ3n) is 2.97. The standard InChI is InChI=1S/C16H25NO3/c1-5-13(2)12-20-15-7-6-14(10-16(15)19-4)11-17-8-9-18-3/h6-7,10,17H,2,5,8-9,11-12H2,1,3-4H3. The van der Waals surface area contributed by atoms with E-state index in [0.717, 1.165) is 42.1 Å². The molecule has 1 N–H and O–H groups in total. The Kier molecular flexibility index (Phi) is 7.77. The maximum atomic E-state index is 5.71. The van der Waals surface area contributed by atoms with Crippen molar-refractivity contribution in [2.45, 2.75) is 19.9 Å². The van der Waals surface area contributed by atoms with Crippen LogP contribution in [-0.4, -0.2) is 34.0 Å². The van der Waals surface area contributed by atoms with E-state index in [0.29, 0.717) is 13.2 Å². The number of ether oxygens (including phenoxy) is 3. The van der Waals surface area contributed by atoms with Crippen molar-refractivity contribution in [3.05, 3.63) is 35.9 Å². The van der Waals surface area contributed by atoms with Crippen LogP contribution in [0.3, 0.4) is 0 Å². The van der Waals surface area contributed by atoms with Crippen molar-refractivity contribution in [3.63, 3.8) is 0 Å². The minimum absolute atomic E-state index is 0.526. The Hall–Kier alpha value is -1.52. The molecule has 20 heavy (non-hydrogen) atoms. The maximum absolute atomic E-state index is 5.71. The lowest BCUT2D eigenvalue weighted by Gasteiger charge is -2.13. The van der Waals surface area contributed by atoms with Crippen LogP contribution < -0.4 is 14.8 Å². The second-order valence-electron chi connectivity index (χ2n) is 4.55. The van der Waals surface area contributed by atoms with Crippen LogP contribution >= 0.6 is 0 Å². The molecule has 0 saturated carbocycles. The predicted octanol–water partition coefficient (Wildman–Crippen LogP) is 2.78. The fourth-order valence-electron chi connectivity index (χ4n) is 1.63. The van der Waals surface area contributed by atoms with Gasteiger partial charge < -0.3 is 19.5 Å². The molecule has 4 nitrogen and oxygen atoms in total. The summed E-state index contributed by atoms with van der Waals surface area (Å²) in [5.74, 6) is 1.50. The molecule has 0 heterocycles. The van der Waals surface area contributed by atoms with Gasteiger partial charge in [0.2, 0.25) is 0 Å². The quantitative estimate of drug-likeness (QED) is 0.528. The highest BCUT2D eigenvalue weighted by Crippen LogP contribution is 2.28. The molecule has 0 atom stereocenters. The van der Waals surface area contributed by atoms with Crippen LogP contribution in [0.2, 0.25) is 0 Å². The first-order valence-corrected chi connectivity index (χ1v) is 6.87. The highest BCUT2D eigenvalue weighted by atomic mass is 16.5. The lowest BCUT2D eigenvalue weighted by Crippen LogP contribution is -2.18. The van der Waals surface area contributed by atoms with Crippen molar-refractivity contribution >= 4 is 0 Å². The molecule has 0 unspecified atom stereocenters. The molecule has 1 aromatic carbocycles. The number of rotatable bonds is 10. The highest BCUT2D eigenvalue weighted by Gasteiger charge is 2.06. The third-order valence-corrected chi connectivity index (χ3v) is 2.97. The molecule has 4 heteroatoms. The molecule has 1 rings (SSSR count). The second-order valence-corrected chi connectivity index (χ2v) is 4.55. The topological polar surface area (TPSA) is 39.7 Å². The molecule has 0 aliphatic rings. The van der Waals surface area contributed by atoms with Gasteiger partial charge >= 0.3 is 0 Å².